The molecule has 0 heterocycles. The summed E-state index contributed by atoms with van der Waals surface area (Å²) in [5.74, 6) is 0. The smallest absolute Gasteiger partial charge is 0.00752 e. The van der Waals surface area contributed by atoms with Gasteiger partial charge in [-0.2, -0.15) is 0 Å². The van der Waals surface area contributed by atoms with Gasteiger partial charge in [0.05, 0.1) is 0 Å². The van der Waals surface area contributed by atoms with E-state index in [1.54, 1.807) is 11.8 Å². The second-order valence-corrected chi connectivity index (χ2v) is 3.31. The lowest BCUT2D eigenvalue weighted by Gasteiger charge is -2.01. The Morgan fingerprint density at radius 3 is 2.73 bits per heavy atom. The lowest BCUT2D eigenvalue weighted by atomic mass is 10.1. The molecule has 0 N–H and O–H groups in total. The van der Waals surface area contributed by atoms with Crippen LogP contribution in [0.1, 0.15) is 11.1 Å². The first kappa shape index (κ1) is 8.41. The Balaban J connectivity index is 3.12. The van der Waals surface area contributed by atoms with E-state index in [1.165, 1.54) is 16.0 Å². The Morgan fingerprint density at radius 1 is 1.45 bits per heavy atom. The zero-order chi connectivity index (χ0) is 8.27. The topological polar surface area (TPSA) is 0 Å². The predicted molar refractivity (Wildman–Crippen MR) is 53.1 cm³/mol. The molecule has 0 saturated heterocycles. The standard InChI is InChI=1S/C10H12S/c1-4-9-7-10(11-3)6-5-8(9)2/h4-7H,1H2,2-3H3. The average Bonchev–Trinajstić information content (AvgIpc) is 2.05. The van der Waals surface area contributed by atoms with E-state index in [1.807, 2.05) is 6.08 Å². The van der Waals surface area contributed by atoms with Crippen LogP contribution in [0.15, 0.2) is 29.7 Å². The van der Waals surface area contributed by atoms with Gasteiger partial charge in [-0.25, -0.2) is 0 Å². The van der Waals surface area contributed by atoms with Gasteiger partial charge in [0.2, 0.25) is 0 Å². The van der Waals surface area contributed by atoms with Gasteiger partial charge >= 0.3 is 0 Å². The summed E-state index contributed by atoms with van der Waals surface area (Å²) in [6.07, 6.45) is 3.98. The Labute approximate surface area is 72.3 Å². The Hall–Kier alpha value is -0.690. The molecular formula is C10H12S. The van der Waals surface area contributed by atoms with Crippen molar-refractivity contribution in [2.24, 2.45) is 0 Å². The third-order valence-electron chi connectivity index (χ3n) is 1.71. The molecular weight excluding hydrogens is 152 g/mol. The summed E-state index contributed by atoms with van der Waals surface area (Å²) in [6, 6.07) is 6.42. The molecule has 0 aliphatic heterocycles. The molecule has 0 spiro atoms. The molecule has 1 aromatic rings. The SMILES string of the molecule is C=Cc1cc(SC)ccc1C. The summed E-state index contributed by atoms with van der Waals surface area (Å²) in [5, 5.41) is 0. The summed E-state index contributed by atoms with van der Waals surface area (Å²) in [6.45, 7) is 5.86. The van der Waals surface area contributed by atoms with Crippen molar-refractivity contribution in [1.82, 2.24) is 0 Å². The van der Waals surface area contributed by atoms with Gasteiger partial charge in [0.25, 0.3) is 0 Å². The van der Waals surface area contributed by atoms with Crippen LogP contribution >= 0.6 is 11.8 Å². The van der Waals surface area contributed by atoms with Crippen LogP contribution in [0.2, 0.25) is 0 Å². The van der Waals surface area contributed by atoms with Crippen molar-refractivity contribution >= 4 is 17.8 Å². The van der Waals surface area contributed by atoms with E-state index in [-0.39, 0.29) is 0 Å². The monoisotopic (exact) mass is 164 g/mol. The Morgan fingerprint density at radius 2 is 2.18 bits per heavy atom. The van der Waals surface area contributed by atoms with Gasteiger partial charge < -0.3 is 0 Å². The number of thioether (sulfide) groups is 1. The molecule has 0 atom stereocenters. The molecule has 0 aliphatic rings. The van der Waals surface area contributed by atoms with Crippen molar-refractivity contribution < 1.29 is 0 Å². The highest BCUT2D eigenvalue weighted by Gasteiger charge is 1.94. The van der Waals surface area contributed by atoms with E-state index in [4.69, 9.17) is 0 Å². The third-order valence-corrected chi connectivity index (χ3v) is 2.43. The molecule has 0 aliphatic carbocycles. The summed E-state index contributed by atoms with van der Waals surface area (Å²) < 4.78 is 0. The molecule has 1 heteroatoms. The molecule has 0 radical (unpaired) electrons. The lowest BCUT2D eigenvalue weighted by molar-refractivity contribution is 1.36. The highest BCUT2D eigenvalue weighted by atomic mass is 32.2. The van der Waals surface area contributed by atoms with Gasteiger partial charge in [0.1, 0.15) is 0 Å². The molecule has 0 nitrogen and oxygen atoms in total. The second-order valence-electron chi connectivity index (χ2n) is 2.43. The van der Waals surface area contributed by atoms with Crippen LogP contribution in [-0.4, -0.2) is 6.26 Å². The molecule has 11 heavy (non-hydrogen) atoms. The highest BCUT2D eigenvalue weighted by molar-refractivity contribution is 7.98. The van der Waals surface area contributed by atoms with Crippen molar-refractivity contribution in [3.63, 3.8) is 0 Å². The molecule has 0 unspecified atom stereocenters. The van der Waals surface area contributed by atoms with Crippen molar-refractivity contribution in [1.29, 1.82) is 0 Å². The molecule has 58 valence electrons. The molecule has 1 rings (SSSR count). The predicted octanol–water partition coefficient (Wildman–Crippen LogP) is 3.36. The van der Waals surface area contributed by atoms with Gasteiger partial charge in [-0.15, -0.1) is 11.8 Å². The van der Waals surface area contributed by atoms with Gasteiger partial charge in [0, 0.05) is 4.90 Å². The minimum absolute atomic E-state index is 1.23. The molecule has 1 aromatic carbocycles. The van der Waals surface area contributed by atoms with Crippen LogP contribution < -0.4 is 0 Å². The molecule has 0 fully saturated rings. The largest absolute Gasteiger partial charge is 0.130 e. The highest BCUT2D eigenvalue weighted by Crippen LogP contribution is 2.19. The van der Waals surface area contributed by atoms with Crippen molar-refractivity contribution in [2.75, 3.05) is 6.26 Å². The first-order valence-corrected chi connectivity index (χ1v) is 4.77. The van der Waals surface area contributed by atoms with Gasteiger partial charge in [-0.3, -0.25) is 0 Å². The lowest BCUT2D eigenvalue weighted by Crippen LogP contribution is -1.79. The van der Waals surface area contributed by atoms with E-state index >= 15 is 0 Å². The average molecular weight is 164 g/mol. The first-order valence-electron chi connectivity index (χ1n) is 3.55. The summed E-state index contributed by atoms with van der Waals surface area (Å²) in [7, 11) is 0. The normalized spacial score (nSPS) is 9.64. The Bertz CT molecular complexity index is 264. The fourth-order valence-corrected chi connectivity index (χ4v) is 1.41. The maximum absolute atomic E-state index is 3.76. The van der Waals surface area contributed by atoms with E-state index in [0.717, 1.165) is 0 Å². The fourth-order valence-electron chi connectivity index (χ4n) is 0.965. The van der Waals surface area contributed by atoms with Crippen LogP contribution in [0.4, 0.5) is 0 Å². The van der Waals surface area contributed by atoms with Crippen molar-refractivity contribution in [3.8, 4) is 0 Å². The van der Waals surface area contributed by atoms with Crippen LogP contribution in [0.5, 0.6) is 0 Å². The molecule has 0 bridgehead atoms. The number of rotatable bonds is 2. The van der Waals surface area contributed by atoms with Gasteiger partial charge in [-0.05, 0) is 36.4 Å². The molecule has 0 saturated carbocycles. The fraction of sp³-hybridized carbons (Fsp3) is 0.200. The second kappa shape index (κ2) is 3.63. The summed E-state index contributed by atoms with van der Waals surface area (Å²) >= 11 is 1.76. The van der Waals surface area contributed by atoms with Crippen molar-refractivity contribution in [2.45, 2.75) is 11.8 Å². The number of hydrogen-bond acceptors (Lipinski definition) is 1. The third kappa shape index (κ3) is 1.87. The summed E-state index contributed by atoms with van der Waals surface area (Å²) in [5.41, 5.74) is 2.52. The van der Waals surface area contributed by atoms with Crippen LogP contribution in [0, 0.1) is 6.92 Å². The number of aryl methyl sites for hydroxylation is 1. The Kier molecular flexibility index (Phi) is 2.77. The zero-order valence-electron chi connectivity index (χ0n) is 6.92. The van der Waals surface area contributed by atoms with E-state index in [2.05, 4.69) is 38.0 Å². The minimum Gasteiger partial charge on any atom is -0.130 e. The first-order chi connectivity index (χ1) is 5.27. The van der Waals surface area contributed by atoms with E-state index in [0.29, 0.717) is 0 Å². The number of benzene rings is 1. The number of hydrogen-bond donors (Lipinski definition) is 0. The van der Waals surface area contributed by atoms with Gasteiger partial charge in [-0.1, -0.05) is 18.7 Å². The molecule has 0 aromatic heterocycles. The zero-order valence-corrected chi connectivity index (χ0v) is 7.74. The minimum atomic E-state index is 1.23. The maximum Gasteiger partial charge on any atom is 0.00752 e. The summed E-state index contributed by atoms with van der Waals surface area (Å²) in [4.78, 5) is 1.30. The molecule has 0 amide bonds. The van der Waals surface area contributed by atoms with E-state index in [9.17, 15) is 0 Å². The van der Waals surface area contributed by atoms with E-state index < -0.39 is 0 Å². The van der Waals surface area contributed by atoms with Crippen LogP contribution in [0.25, 0.3) is 6.08 Å². The van der Waals surface area contributed by atoms with Gasteiger partial charge in [0.15, 0.2) is 0 Å². The maximum atomic E-state index is 3.76. The van der Waals surface area contributed by atoms with Crippen molar-refractivity contribution in [3.05, 3.63) is 35.9 Å². The van der Waals surface area contributed by atoms with Crippen LogP contribution in [0.3, 0.4) is 0 Å². The quantitative estimate of drug-likeness (QED) is 0.604. The van der Waals surface area contributed by atoms with Crippen LogP contribution in [-0.2, 0) is 0 Å².